The van der Waals surface area contributed by atoms with E-state index in [1.54, 1.807) is 24.3 Å². The van der Waals surface area contributed by atoms with E-state index in [-0.39, 0.29) is 23.8 Å². The van der Waals surface area contributed by atoms with Gasteiger partial charge in [-0.15, -0.1) is 0 Å². The molecule has 0 N–H and O–H groups in total. The molecule has 0 aromatic heterocycles. The van der Waals surface area contributed by atoms with Gasteiger partial charge in [-0.3, -0.25) is 14.3 Å². The molecule has 0 aliphatic heterocycles. The molecule has 16 nitrogen and oxygen atoms in total. The smallest absolute Gasteiger partial charge is 0.297 e. The number of nitro groups is 1. The zero-order valence-corrected chi connectivity index (χ0v) is 29.6. The average molecular weight is 734 g/mol. The number of hydrogen-bond acceptors (Lipinski definition) is 15. The van der Waals surface area contributed by atoms with E-state index in [1.165, 1.54) is 24.3 Å². The van der Waals surface area contributed by atoms with Crippen molar-refractivity contribution in [2.24, 2.45) is 0 Å². The Balaban J connectivity index is 1.19. The highest BCUT2D eigenvalue weighted by Gasteiger charge is 2.14. The van der Waals surface area contributed by atoms with Gasteiger partial charge in [0.25, 0.3) is 15.8 Å². The Morgan fingerprint density at radius 3 is 1.14 bits per heavy atom. The van der Waals surface area contributed by atoms with Gasteiger partial charge in [-0.2, -0.15) is 8.42 Å². The fraction of sp³-hybridized carbons (Fsp3) is 0.636. The second kappa shape index (κ2) is 28.8. The van der Waals surface area contributed by atoms with E-state index in [4.69, 9.17) is 51.6 Å². The second-order valence-corrected chi connectivity index (χ2v) is 11.8. The predicted octanol–water partition coefficient (Wildman–Crippen LogP) is 2.84. The van der Waals surface area contributed by atoms with Crippen molar-refractivity contribution in [3.05, 3.63) is 64.2 Å². The number of aryl methyl sites for hydroxylation is 1. The Labute approximate surface area is 294 Å². The summed E-state index contributed by atoms with van der Waals surface area (Å²) in [4.78, 5) is 10.3. The van der Waals surface area contributed by atoms with Crippen molar-refractivity contribution in [2.75, 3.05) is 132 Å². The van der Waals surface area contributed by atoms with Gasteiger partial charge in [0.1, 0.15) is 12.4 Å². The van der Waals surface area contributed by atoms with Crippen molar-refractivity contribution >= 4 is 15.8 Å². The van der Waals surface area contributed by atoms with Crippen LogP contribution in [0.4, 0.5) is 5.69 Å². The lowest BCUT2D eigenvalue weighted by atomic mass is 10.2. The molecule has 0 fully saturated rings. The third kappa shape index (κ3) is 22.8. The van der Waals surface area contributed by atoms with E-state index >= 15 is 0 Å². The van der Waals surface area contributed by atoms with Gasteiger partial charge in [-0.1, -0.05) is 17.7 Å². The molecule has 0 bridgehead atoms. The first-order valence-electron chi connectivity index (χ1n) is 16.4. The molecule has 0 radical (unpaired) electrons. The Bertz CT molecular complexity index is 1220. The number of nitrogens with zero attached hydrogens (tertiary/aromatic N) is 1. The van der Waals surface area contributed by atoms with Gasteiger partial charge in [0, 0.05) is 12.1 Å². The number of rotatable bonds is 34. The summed E-state index contributed by atoms with van der Waals surface area (Å²) in [5.41, 5.74) is 0.988. The standard InChI is InChI=1S/C33H51NO15S/c1-30-2-8-33(9-3-30)50(37,38)49-29-27-47-25-23-45-21-19-43-17-15-41-13-11-39-10-12-40-14-16-42-18-20-44-22-24-46-26-28-48-32-6-4-31(5-7-32)34(35)36/h2-9H,10-29H2,1H3. The number of non-ortho nitro benzene ring substituents is 1. The number of hydrogen-bond donors (Lipinski definition) is 0. The zero-order valence-electron chi connectivity index (χ0n) is 28.7. The van der Waals surface area contributed by atoms with Crippen LogP contribution in [0.2, 0.25) is 0 Å². The molecular formula is C33H51NO15S. The second-order valence-electron chi connectivity index (χ2n) is 10.2. The van der Waals surface area contributed by atoms with Crippen molar-refractivity contribution in [1.29, 1.82) is 0 Å². The van der Waals surface area contributed by atoms with E-state index in [2.05, 4.69) is 0 Å². The maximum absolute atomic E-state index is 12.1. The molecule has 0 spiro atoms. The highest BCUT2D eigenvalue weighted by molar-refractivity contribution is 7.86. The van der Waals surface area contributed by atoms with Crippen LogP contribution in [0.5, 0.6) is 5.75 Å². The Hall–Kier alpha value is -2.81. The van der Waals surface area contributed by atoms with Crippen molar-refractivity contribution in [2.45, 2.75) is 11.8 Å². The first-order chi connectivity index (χ1) is 24.4. The summed E-state index contributed by atoms with van der Waals surface area (Å²) in [5.74, 6) is 0.548. The monoisotopic (exact) mass is 733 g/mol. The molecule has 2 aromatic rings. The topological polar surface area (TPSA) is 179 Å². The van der Waals surface area contributed by atoms with Crippen molar-refractivity contribution in [1.82, 2.24) is 0 Å². The fourth-order valence-electron chi connectivity index (χ4n) is 3.72. The molecule has 0 saturated carbocycles. The quantitative estimate of drug-likeness (QED) is 0.0443. The highest BCUT2D eigenvalue weighted by atomic mass is 32.2. The first-order valence-corrected chi connectivity index (χ1v) is 17.8. The lowest BCUT2D eigenvalue weighted by Gasteiger charge is -2.09. The van der Waals surface area contributed by atoms with Crippen LogP contribution in [0.25, 0.3) is 0 Å². The largest absolute Gasteiger partial charge is 0.491 e. The van der Waals surface area contributed by atoms with E-state index in [9.17, 15) is 18.5 Å². The summed E-state index contributed by atoms with van der Waals surface area (Å²) in [7, 11) is -3.78. The maximum atomic E-state index is 12.1. The van der Waals surface area contributed by atoms with E-state index in [0.29, 0.717) is 125 Å². The van der Waals surface area contributed by atoms with Gasteiger partial charge in [-0.05, 0) is 31.2 Å². The van der Waals surface area contributed by atoms with Gasteiger partial charge in [0.05, 0.1) is 135 Å². The molecule has 0 aliphatic carbocycles. The van der Waals surface area contributed by atoms with Gasteiger partial charge in [-0.25, -0.2) is 0 Å². The van der Waals surface area contributed by atoms with Crippen LogP contribution < -0.4 is 4.74 Å². The van der Waals surface area contributed by atoms with Crippen LogP contribution in [0.3, 0.4) is 0 Å². The fourth-order valence-corrected chi connectivity index (χ4v) is 4.61. The third-order valence-corrected chi connectivity index (χ3v) is 7.62. The molecule has 50 heavy (non-hydrogen) atoms. The first kappa shape index (κ1) is 43.4. The Kier molecular flexibility index (Phi) is 25.0. The van der Waals surface area contributed by atoms with E-state index in [0.717, 1.165) is 5.56 Å². The Morgan fingerprint density at radius 2 is 0.800 bits per heavy atom. The van der Waals surface area contributed by atoms with Crippen LogP contribution in [-0.4, -0.2) is 145 Å². The SMILES string of the molecule is Cc1ccc(S(=O)(=O)OCCOCCOCCOCCOCCOCCOCCOCCOCCOCCOc2ccc([N+](=O)[O-])cc2)cc1. The molecular weight excluding hydrogens is 682 g/mol. The lowest BCUT2D eigenvalue weighted by Crippen LogP contribution is -2.16. The van der Waals surface area contributed by atoms with Crippen LogP contribution in [0.1, 0.15) is 5.56 Å². The van der Waals surface area contributed by atoms with Crippen molar-refractivity contribution in [3.8, 4) is 5.75 Å². The summed E-state index contributed by atoms with van der Waals surface area (Å²) in [6.45, 7) is 9.59. The molecule has 284 valence electrons. The molecule has 2 aromatic carbocycles. The van der Waals surface area contributed by atoms with Crippen LogP contribution in [-0.2, 0) is 56.9 Å². The minimum Gasteiger partial charge on any atom is -0.491 e. The molecule has 0 aliphatic rings. The van der Waals surface area contributed by atoms with Crippen LogP contribution in [0, 0.1) is 17.0 Å². The molecule has 0 amide bonds. The van der Waals surface area contributed by atoms with Crippen LogP contribution in [0.15, 0.2) is 53.4 Å². The molecule has 0 saturated heterocycles. The summed E-state index contributed by atoms with van der Waals surface area (Å²) >= 11 is 0. The number of ether oxygens (including phenoxy) is 10. The maximum Gasteiger partial charge on any atom is 0.297 e. The summed E-state index contributed by atoms with van der Waals surface area (Å²) in [6, 6.07) is 12.3. The van der Waals surface area contributed by atoms with Crippen LogP contribution >= 0.6 is 0 Å². The molecule has 0 atom stereocenters. The van der Waals surface area contributed by atoms with Gasteiger partial charge >= 0.3 is 0 Å². The zero-order chi connectivity index (χ0) is 36.0. The van der Waals surface area contributed by atoms with Crippen molar-refractivity contribution in [3.63, 3.8) is 0 Å². The summed E-state index contributed by atoms with van der Waals surface area (Å²) in [6.07, 6.45) is 0. The van der Waals surface area contributed by atoms with Gasteiger partial charge < -0.3 is 47.4 Å². The number of nitro benzene ring substituents is 1. The Morgan fingerprint density at radius 1 is 0.480 bits per heavy atom. The van der Waals surface area contributed by atoms with Crippen molar-refractivity contribution < 1.29 is 64.9 Å². The lowest BCUT2D eigenvalue weighted by molar-refractivity contribution is -0.384. The number of benzene rings is 2. The minimum absolute atomic E-state index is 0.0187. The third-order valence-electron chi connectivity index (χ3n) is 6.30. The molecule has 2 rings (SSSR count). The molecule has 0 heterocycles. The minimum atomic E-state index is -3.78. The summed E-state index contributed by atoms with van der Waals surface area (Å²) in [5, 5.41) is 10.6. The van der Waals surface area contributed by atoms with E-state index < -0.39 is 15.0 Å². The van der Waals surface area contributed by atoms with Gasteiger partial charge in [0.15, 0.2) is 0 Å². The van der Waals surface area contributed by atoms with Gasteiger partial charge in [0.2, 0.25) is 0 Å². The highest BCUT2D eigenvalue weighted by Crippen LogP contribution is 2.17. The molecule has 0 unspecified atom stereocenters. The average Bonchev–Trinajstić information content (AvgIpc) is 3.11. The molecule has 17 heteroatoms. The normalized spacial score (nSPS) is 11.6. The van der Waals surface area contributed by atoms with E-state index in [1.807, 2.05) is 6.92 Å². The summed E-state index contributed by atoms with van der Waals surface area (Å²) < 4.78 is 83.5. The predicted molar refractivity (Wildman–Crippen MR) is 180 cm³/mol.